The van der Waals surface area contributed by atoms with E-state index in [2.05, 4.69) is 15.3 Å². The number of fused-ring (bicyclic) bond motifs is 1. The molecule has 0 radical (unpaired) electrons. The van der Waals surface area contributed by atoms with Crippen molar-refractivity contribution in [1.82, 2.24) is 15.3 Å². The van der Waals surface area contributed by atoms with Gasteiger partial charge < -0.3 is 15.0 Å². The summed E-state index contributed by atoms with van der Waals surface area (Å²) in [5, 5.41) is 3.33. The number of ether oxygens (including phenoxy) is 1. The molecule has 0 saturated carbocycles. The number of nitrogens with one attached hydrogen (secondary N) is 2. The van der Waals surface area contributed by atoms with E-state index in [4.69, 9.17) is 17.0 Å². The van der Waals surface area contributed by atoms with E-state index < -0.39 is 0 Å². The molecule has 4 nitrogen and oxygen atoms in total. The predicted octanol–water partition coefficient (Wildman–Crippen LogP) is 1.68. The Hall–Kier alpha value is -0.780. The van der Waals surface area contributed by atoms with E-state index in [1.54, 1.807) is 0 Å². The highest BCUT2D eigenvalue weighted by molar-refractivity contribution is 7.71. The van der Waals surface area contributed by atoms with E-state index >= 15 is 0 Å². The Bertz CT molecular complexity index is 465. The lowest BCUT2D eigenvalue weighted by Gasteiger charge is -2.24. The van der Waals surface area contributed by atoms with Gasteiger partial charge in [0.05, 0.1) is 0 Å². The predicted molar refractivity (Wildman–Crippen MR) is 67.6 cm³/mol. The van der Waals surface area contributed by atoms with Crippen LogP contribution in [0, 0.1) is 4.64 Å². The second-order valence-electron chi connectivity index (χ2n) is 4.70. The molecule has 2 aliphatic rings. The molecule has 1 aromatic heterocycles. The van der Waals surface area contributed by atoms with Gasteiger partial charge in [0.15, 0.2) is 0 Å². The molecule has 2 N–H and O–H groups in total. The maximum atomic E-state index is 5.39. The van der Waals surface area contributed by atoms with Gasteiger partial charge in [0, 0.05) is 49.9 Å². The van der Waals surface area contributed by atoms with Crippen LogP contribution in [0.1, 0.15) is 35.8 Å². The molecule has 0 aromatic carbocycles. The van der Waals surface area contributed by atoms with E-state index in [1.165, 1.54) is 11.3 Å². The Morgan fingerprint density at radius 1 is 1.29 bits per heavy atom. The van der Waals surface area contributed by atoms with Gasteiger partial charge in [0.1, 0.15) is 10.5 Å². The quantitative estimate of drug-likeness (QED) is 0.746. The lowest BCUT2D eigenvalue weighted by atomic mass is 9.98. The maximum absolute atomic E-state index is 5.39. The monoisotopic (exact) mass is 251 g/mol. The molecule has 92 valence electrons. The van der Waals surface area contributed by atoms with E-state index in [0.717, 1.165) is 56.0 Å². The molecule has 0 amide bonds. The molecule has 17 heavy (non-hydrogen) atoms. The fourth-order valence-electron chi connectivity index (χ4n) is 2.55. The highest BCUT2D eigenvalue weighted by Crippen LogP contribution is 2.25. The summed E-state index contributed by atoms with van der Waals surface area (Å²) < 4.78 is 6.16. The molecule has 1 aromatic rings. The zero-order chi connectivity index (χ0) is 11.7. The third-order valence-corrected chi connectivity index (χ3v) is 3.92. The van der Waals surface area contributed by atoms with Gasteiger partial charge in [-0.15, -0.1) is 0 Å². The van der Waals surface area contributed by atoms with E-state index in [1.807, 2.05) is 0 Å². The van der Waals surface area contributed by atoms with Gasteiger partial charge in [-0.3, -0.25) is 0 Å². The lowest BCUT2D eigenvalue weighted by Crippen LogP contribution is -2.27. The van der Waals surface area contributed by atoms with Crippen molar-refractivity contribution in [3.8, 4) is 0 Å². The minimum Gasteiger partial charge on any atom is -0.381 e. The van der Waals surface area contributed by atoms with E-state index in [-0.39, 0.29) is 0 Å². The molecule has 5 heteroatoms. The third kappa shape index (κ3) is 2.27. The molecule has 2 aliphatic heterocycles. The van der Waals surface area contributed by atoms with Crippen LogP contribution in [0.2, 0.25) is 0 Å². The topological polar surface area (TPSA) is 49.9 Å². The molecular weight excluding hydrogens is 234 g/mol. The number of aromatic nitrogens is 2. The van der Waals surface area contributed by atoms with Crippen LogP contribution < -0.4 is 5.32 Å². The Balaban J connectivity index is 1.95. The van der Waals surface area contributed by atoms with Gasteiger partial charge in [-0.25, -0.2) is 4.98 Å². The van der Waals surface area contributed by atoms with Gasteiger partial charge in [-0.05, 0) is 12.8 Å². The van der Waals surface area contributed by atoms with Crippen LogP contribution in [0.4, 0.5) is 0 Å². The number of H-pyrrole nitrogens is 1. The number of hydrogen-bond acceptors (Lipinski definition) is 4. The van der Waals surface area contributed by atoms with Crippen LogP contribution in [0.3, 0.4) is 0 Å². The minimum atomic E-state index is 0.491. The summed E-state index contributed by atoms with van der Waals surface area (Å²) in [6.45, 7) is 3.55. The Morgan fingerprint density at radius 3 is 2.94 bits per heavy atom. The third-order valence-electron chi connectivity index (χ3n) is 3.58. The SMILES string of the molecule is S=c1nc(C2CCOCC2)[nH]c2c1CNCC2. The lowest BCUT2D eigenvalue weighted by molar-refractivity contribution is 0.0835. The normalized spacial score (nSPS) is 21.2. The molecule has 3 rings (SSSR count). The summed E-state index contributed by atoms with van der Waals surface area (Å²) in [6.07, 6.45) is 3.13. The van der Waals surface area contributed by atoms with Crippen LogP contribution in [0.5, 0.6) is 0 Å². The fourth-order valence-corrected chi connectivity index (χ4v) is 2.84. The first-order chi connectivity index (χ1) is 8.34. The molecule has 0 bridgehead atoms. The summed E-state index contributed by atoms with van der Waals surface area (Å²) in [6, 6.07) is 0. The maximum Gasteiger partial charge on any atom is 0.134 e. The summed E-state index contributed by atoms with van der Waals surface area (Å²) in [5.74, 6) is 1.56. The van der Waals surface area contributed by atoms with E-state index in [0.29, 0.717) is 5.92 Å². The second-order valence-corrected chi connectivity index (χ2v) is 5.08. The first kappa shape index (κ1) is 11.3. The summed E-state index contributed by atoms with van der Waals surface area (Å²) >= 11 is 5.39. The standard InChI is InChI=1S/C12H17N3OS/c17-12-9-7-13-4-1-10(9)14-11(15-12)8-2-5-16-6-3-8/h8,13H,1-7H2,(H,14,15,17). The van der Waals surface area contributed by atoms with Crippen molar-refractivity contribution in [2.75, 3.05) is 19.8 Å². The van der Waals surface area contributed by atoms with Crippen molar-refractivity contribution in [2.24, 2.45) is 0 Å². The van der Waals surface area contributed by atoms with Crippen molar-refractivity contribution in [3.63, 3.8) is 0 Å². The highest BCUT2D eigenvalue weighted by atomic mass is 32.1. The van der Waals surface area contributed by atoms with Gasteiger partial charge >= 0.3 is 0 Å². The number of nitrogens with zero attached hydrogens (tertiary/aromatic N) is 1. The number of aromatic amines is 1. The zero-order valence-electron chi connectivity index (χ0n) is 9.79. The molecular formula is C12H17N3OS. The van der Waals surface area contributed by atoms with Gasteiger partial charge in [0.2, 0.25) is 0 Å². The Kier molecular flexibility index (Phi) is 3.22. The van der Waals surface area contributed by atoms with Crippen LogP contribution in [0.25, 0.3) is 0 Å². The number of hydrogen-bond donors (Lipinski definition) is 2. The van der Waals surface area contributed by atoms with Gasteiger partial charge in [-0.1, -0.05) is 12.2 Å². The van der Waals surface area contributed by atoms with Gasteiger partial charge in [-0.2, -0.15) is 0 Å². The second kappa shape index (κ2) is 4.84. The van der Waals surface area contributed by atoms with Crippen molar-refractivity contribution in [2.45, 2.75) is 31.7 Å². The summed E-state index contributed by atoms with van der Waals surface area (Å²) in [5.41, 5.74) is 2.47. The van der Waals surface area contributed by atoms with Crippen LogP contribution in [0.15, 0.2) is 0 Å². The first-order valence-electron chi connectivity index (χ1n) is 6.25. The summed E-state index contributed by atoms with van der Waals surface area (Å²) in [4.78, 5) is 8.08. The van der Waals surface area contributed by atoms with Crippen LogP contribution in [-0.4, -0.2) is 29.7 Å². The molecule has 1 saturated heterocycles. The van der Waals surface area contributed by atoms with Crippen molar-refractivity contribution < 1.29 is 4.74 Å². The fraction of sp³-hybridized carbons (Fsp3) is 0.667. The van der Waals surface area contributed by atoms with Crippen molar-refractivity contribution in [3.05, 3.63) is 21.7 Å². The highest BCUT2D eigenvalue weighted by Gasteiger charge is 2.20. The first-order valence-corrected chi connectivity index (χ1v) is 6.66. The largest absolute Gasteiger partial charge is 0.381 e. The molecule has 0 spiro atoms. The number of rotatable bonds is 1. The average molecular weight is 251 g/mol. The Labute approximate surface area is 106 Å². The zero-order valence-corrected chi connectivity index (χ0v) is 10.6. The Morgan fingerprint density at radius 2 is 2.12 bits per heavy atom. The van der Waals surface area contributed by atoms with Crippen molar-refractivity contribution >= 4 is 12.2 Å². The molecule has 0 aliphatic carbocycles. The van der Waals surface area contributed by atoms with Crippen LogP contribution >= 0.6 is 12.2 Å². The minimum absolute atomic E-state index is 0.491. The average Bonchev–Trinajstić information content (AvgIpc) is 2.40. The molecule has 0 atom stereocenters. The molecule has 0 unspecified atom stereocenters. The van der Waals surface area contributed by atoms with Crippen molar-refractivity contribution in [1.29, 1.82) is 0 Å². The molecule has 3 heterocycles. The summed E-state index contributed by atoms with van der Waals surface area (Å²) in [7, 11) is 0. The van der Waals surface area contributed by atoms with Gasteiger partial charge in [0.25, 0.3) is 0 Å². The van der Waals surface area contributed by atoms with Crippen LogP contribution in [-0.2, 0) is 17.7 Å². The van der Waals surface area contributed by atoms with E-state index in [9.17, 15) is 0 Å². The molecule has 1 fully saturated rings. The smallest absolute Gasteiger partial charge is 0.134 e.